The Balaban J connectivity index is 1.09. The maximum atomic E-state index is 13.4. The van der Waals surface area contributed by atoms with E-state index < -0.39 is 5.97 Å². The van der Waals surface area contributed by atoms with Gasteiger partial charge in [0.05, 0.1) is 20.3 Å². The van der Waals surface area contributed by atoms with Crippen LogP contribution in [0.1, 0.15) is 148 Å². The second-order valence-electron chi connectivity index (χ2n) is 15.6. The molecule has 0 saturated heterocycles. The van der Waals surface area contributed by atoms with Gasteiger partial charge in [0.2, 0.25) is 0 Å². The number of thiophene rings is 1. The van der Waals surface area contributed by atoms with Crippen molar-refractivity contribution in [2.24, 2.45) is 0 Å². The van der Waals surface area contributed by atoms with Crippen LogP contribution in [0, 0.1) is 0 Å². The topological polar surface area (TPSA) is 73.9 Å². The molecule has 5 rings (SSSR count). The van der Waals surface area contributed by atoms with Gasteiger partial charge in [-0.05, 0) is 77.1 Å². The molecular weight excluding hydrogens is 763 g/mol. The number of nitrogens with one attached hydrogen (secondary N) is 1. The van der Waals surface area contributed by atoms with E-state index in [2.05, 4.69) is 43.4 Å². The van der Waals surface area contributed by atoms with Crippen LogP contribution in [0.25, 0.3) is 34.4 Å². The third-order valence-electron chi connectivity index (χ3n) is 10.8. The molecule has 7 heteroatoms. The van der Waals surface area contributed by atoms with Gasteiger partial charge in [-0.1, -0.05) is 177 Å². The van der Waals surface area contributed by atoms with Crippen LogP contribution in [0.3, 0.4) is 0 Å². The molecule has 60 heavy (non-hydrogen) atoms. The monoisotopic (exact) mass is 827 g/mol. The third kappa shape index (κ3) is 15.2. The first-order chi connectivity index (χ1) is 29.5. The Bertz CT molecular complexity index is 2010. The van der Waals surface area contributed by atoms with E-state index in [1.807, 2.05) is 78.2 Å². The highest BCUT2D eigenvalue weighted by molar-refractivity contribution is 7.15. The molecule has 1 amide bonds. The summed E-state index contributed by atoms with van der Waals surface area (Å²) in [4.78, 5) is 26.5. The summed E-state index contributed by atoms with van der Waals surface area (Å²) < 4.78 is 17.1. The first-order valence-corrected chi connectivity index (χ1v) is 23.2. The SMILES string of the molecule is CCCCCCCCCCCCOc1ccc(/C=C/c2ccc(C(=O)Nc3scc(-c4ccc(-c5ccc(OCCCCCCCC)cc5)cc4)c3C(=O)OC)cc2)cc1. The van der Waals surface area contributed by atoms with Crippen LogP contribution >= 0.6 is 11.3 Å². The number of methoxy groups -OCH3 is 1. The second kappa shape index (κ2) is 26.2. The van der Waals surface area contributed by atoms with E-state index in [1.54, 1.807) is 12.1 Å². The molecule has 318 valence electrons. The molecule has 0 aliphatic rings. The molecule has 1 N–H and O–H groups in total. The van der Waals surface area contributed by atoms with Crippen LogP contribution in [0.15, 0.2) is 102 Å². The average molecular weight is 828 g/mol. The lowest BCUT2D eigenvalue weighted by molar-refractivity contribution is 0.0603. The summed E-state index contributed by atoms with van der Waals surface area (Å²) >= 11 is 1.31. The van der Waals surface area contributed by atoms with Crippen LogP contribution in [0.4, 0.5) is 5.00 Å². The van der Waals surface area contributed by atoms with Crippen LogP contribution in [0.5, 0.6) is 11.5 Å². The van der Waals surface area contributed by atoms with Gasteiger partial charge in [0.1, 0.15) is 22.1 Å². The Morgan fingerprint density at radius 1 is 0.533 bits per heavy atom. The van der Waals surface area contributed by atoms with Gasteiger partial charge < -0.3 is 19.5 Å². The molecule has 0 aliphatic carbocycles. The van der Waals surface area contributed by atoms with E-state index >= 15 is 0 Å². The molecule has 1 heterocycles. The van der Waals surface area contributed by atoms with Crippen LogP contribution < -0.4 is 14.8 Å². The molecule has 0 fully saturated rings. The van der Waals surface area contributed by atoms with Crippen LogP contribution in [-0.4, -0.2) is 32.2 Å². The van der Waals surface area contributed by atoms with Crippen molar-refractivity contribution in [3.8, 4) is 33.8 Å². The van der Waals surface area contributed by atoms with Gasteiger partial charge >= 0.3 is 5.97 Å². The smallest absolute Gasteiger partial charge is 0.341 e. The minimum atomic E-state index is -0.503. The molecular formula is C53H65NO5S. The van der Waals surface area contributed by atoms with Crippen molar-refractivity contribution in [2.45, 2.75) is 117 Å². The number of esters is 1. The van der Waals surface area contributed by atoms with E-state index in [-0.39, 0.29) is 5.91 Å². The van der Waals surface area contributed by atoms with Gasteiger partial charge in [0, 0.05) is 16.5 Å². The molecule has 1 aromatic heterocycles. The quantitative estimate of drug-likeness (QED) is 0.0324. The molecule has 0 aliphatic heterocycles. The number of amides is 1. The Morgan fingerprint density at radius 2 is 0.950 bits per heavy atom. The maximum absolute atomic E-state index is 13.4. The van der Waals surface area contributed by atoms with Crippen molar-refractivity contribution in [2.75, 3.05) is 25.6 Å². The fourth-order valence-corrected chi connectivity index (χ4v) is 8.15. The number of carbonyl (C=O) groups excluding carboxylic acids is 2. The zero-order valence-electron chi connectivity index (χ0n) is 36.1. The molecule has 0 spiro atoms. The van der Waals surface area contributed by atoms with E-state index in [0.717, 1.165) is 65.4 Å². The molecule has 0 unspecified atom stereocenters. The lowest BCUT2D eigenvalue weighted by Crippen LogP contribution is -2.14. The average Bonchev–Trinajstić information content (AvgIpc) is 3.71. The number of benzene rings is 4. The summed E-state index contributed by atoms with van der Waals surface area (Å²) in [5, 5.41) is 5.29. The standard InChI is InChI=1S/C53H65NO5S/c1-4-6-8-10-12-13-14-15-17-19-38-58-47-34-24-42(25-35-47)21-20-41-22-26-46(27-23-41)51(55)54-52-50(53(56)57-3)49(40-60-52)45-30-28-43(29-31-45)44-32-36-48(37-33-44)59-39-18-16-11-9-7-5-2/h20-37,40H,4-19,38-39H2,1-3H3,(H,54,55)/b21-20+. The highest BCUT2D eigenvalue weighted by Gasteiger charge is 2.23. The van der Waals surface area contributed by atoms with E-state index in [0.29, 0.717) is 21.7 Å². The predicted octanol–water partition coefficient (Wildman–Crippen LogP) is 15.3. The summed E-state index contributed by atoms with van der Waals surface area (Å²) in [6.45, 7) is 5.99. The van der Waals surface area contributed by atoms with Gasteiger partial charge in [-0.2, -0.15) is 0 Å². The minimum absolute atomic E-state index is 0.299. The Kier molecular flexibility index (Phi) is 20.0. The van der Waals surface area contributed by atoms with Crippen molar-refractivity contribution in [3.63, 3.8) is 0 Å². The molecule has 0 radical (unpaired) electrons. The fraction of sp³-hybridized carbons (Fsp3) is 0.396. The summed E-state index contributed by atoms with van der Waals surface area (Å²) in [6, 6.07) is 31.8. The predicted molar refractivity (Wildman–Crippen MR) is 253 cm³/mol. The Labute approximate surface area is 363 Å². The van der Waals surface area contributed by atoms with Crippen molar-refractivity contribution in [3.05, 3.63) is 125 Å². The normalized spacial score (nSPS) is 11.2. The first-order valence-electron chi connectivity index (χ1n) is 22.3. The van der Waals surface area contributed by atoms with Gasteiger partial charge in [-0.15, -0.1) is 11.3 Å². The molecule has 4 aromatic carbocycles. The Hall–Kier alpha value is -5.14. The molecule has 0 bridgehead atoms. The zero-order chi connectivity index (χ0) is 42.2. The van der Waals surface area contributed by atoms with E-state index in [9.17, 15) is 9.59 Å². The minimum Gasteiger partial charge on any atom is -0.494 e. The lowest BCUT2D eigenvalue weighted by Gasteiger charge is -2.10. The summed E-state index contributed by atoms with van der Waals surface area (Å²) in [6.07, 6.45) is 24.6. The fourth-order valence-electron chi connectivity index (χ4n) is 7.19. The molecule has 6 nitrogen and oxygen atoms in total. The third-order valence-corrected chi connectivity index (χ3v) is 11.7. The van der Waals surface area contributed by atoms with Gasteiger partial charge in [0.15, 0.2) is 0 Å². The van der Waals surface area contributed by atoms with E-state index in [1.165, 1.54) is 108 Å². The largest absolute Gasteiger partial charge is 0.494 e. The van der Waals surface area contributed by atoms with Crippen LogP contribution in [-0.2, 0) is 4.74 Å². The number of hydrogen-bond donors (Lipinski definition) is 1. The number of hydrogen-bond acceptors (Lipinski definition) is 6. The molecule has 0 saturated carbocycles. The number of anilines is 1. The summed E-state index contributed by atoms with van der Waals surface area (Å²) in [5.41, 5.74) is 6.57. The van der Waals surface area contributed by atoms with Crippen molar-refractivity contribution in [1.82, 2.24) is 0 Å². The van der Waals surface area contributed by atoms with Crippen LogP contribution in [0.2, 0.25) is 0 Å². The number of rotatable bonds is 27. The highest BCUT2D eigenvalue weighted by Crippen LogP contribution is 2.37. The number of unbranched alkanes of at least 4 members (excludes halogenated alkanes) is 14. The lowest BCUT2D eigenvalue weighted by atomic mass is 9.99. The van der Waals surface area contributed by atoms with E-state index in [4.69, 9.17) is 14.2 Å². The summed E-state index contributed by atoms with van der Waals surface area (Å²) in [5.74, 6) is 0.972. The highest BCUT2D eigenvalue weighted by atomic mass is 32.1. The van der Waals surface area contributed by atoms with Crippen molar-refractivity contribution < 1.29 is 23.8 Å². The number of carbonyl (C=O) groups is 2. The van der Waals surface area contributed by atoms with Gasteiger partial charge in [-0.3, -0.25) is 4.79 Å². The maximum Gasteiger partial charge on any atom is 0.341 e. The molecule has 0 atom stereocenters. The second-order valence-corrected chi connectivity index (χ2v) is 16.5. The van der Waals surface area contributed by atoms with Crippen molar-refractivity contribution in [1.29, 1.82) is 0 Å². The van der Waals surface area contributed by atoms with Gasteiger partial charge in [0.25, 0.3) is 5.91 Å². The van der Waals surface area contributed by atoms with Crippen molar-refractivity contribution >= 4 is 40.4 Å². The Morgan fingerprint density at radius 3 is 1.43 bits per heavy atom. The number of ether oxygens (including phenoxy) is 3. The first kappa shape index (κ1) is 45.9. The van der Waals surface area contributed by atoms with Gasteiger partial charge in [-0.25, -0.2) is 4.79 Å². The zero-order valence-corrected chi connectivity index (χ0v) is 37.0. The summed E-state index contributed by atoms with van der Waals surface area (Å²) in [7, 11) is 1.35. The molecule has 5 aromatic rings.